The lowest BCUT2D eigenvalue weighted by Gasteiger charge is -2.29. The smallest absolute Gasteiger partial charge is 0.137 e. The largest absolute Gasteiger partial charge is 0.492 e. The zero-order chi connectivity index (χ0) is 12.9. The highest BCUT2D eigenvalue weighted by Gasteiger charge is 2.31. The highest BCUT2D eigenvalue weighted by molar-refractivity contribution is 5.28. The fourth-order valence-corrected chi connectivity index (χ4v) is 1.46. The van der Waals surface area contributed by atoms with E-state index in [1.54, 1.807) is 32.5 Å². The van der Waals surface area contributed by atoms with Crippen molar-refractivity contribution in [2.24, 2.45) is 0 Å². The minimum Gasteiger partial charge on any atom is -0.492 e. The van der Waals surface area contributed by atoms with Crippen LogP contribution >= 0.6 is 0 Å². The summed E-state index contributed by atoms with van der Waals surface area (Å²) in [6, 6.07) is 1.80. The number of pyridine rings is 1. The Balaban J connectivity index is 2.90. The van der Waals surface area contributed by atoms with Gasteiger partial charge in [0.1, 0.15) is 11.4 Å². The van der Waals surface area contributed by atoms with Gasteiger partial charge in [-0.25, -0.2) is 0 Å². The van der Waals surface area contributed by atoms with Crippen LogP contribution in [0.15, 0.2) is 18.5 Å². The zero-order valence-electron chi connectivity index (χ0n) is 10.9. The summed E-state index contributed by atoms with van der Waals surface area (Å²) in [5.74, 6) is 0.674. The van der Waals surface area contributed by atoms with Crippen molar-refractivity contribution in [3.63, 3.8) is 0 Å². The molecule has 17 heavy (non-hydrogen) atoms. The molecule has 0 bridgehead atoms. The van der Waals surface area contributed by atoms with Crippen LogP contribution in [0.1, 0.15) is 32.8 Å². The lowest BCUT2D eigenvalue weighted by atomic mass is 9.92. The molecule has 1 heterocycles. The van der Waals surface area contributed by atoms with Crippen LogP contribution in [-0.2, 0) is 10.3 Å². The lowest BCUT2D eigenvalue weighted by molar-refractivity contribution is -0.0774. The van der Waals surface area contributed by atoms with Gasteiger partial charge in [0.25, 0.3) is 0 Å². The summed E-state index contributed by atoms with van der Waals surface area (Å²) in [6.45, 7) is 6.22. The van der Waals surface area contributed by atoms with E-state index in [1.807, 2.05) is 13.8 Å². The number of hydrogen-bond acceptors (Lipinski definition) is 4. The number of aliphatic hydroxyl groups is 1. The standard InChI is InChI=1S/C13H21NO3/c1-5-6-17-12-7-11(8-14-9-12)13(3,15)10(2)16-4/h7-10,15H,5-6H2,1-4H3. The van der Waals surface area contributed by atoms with Crippen LogP contribution in [0.5, 0.6) is 5.75 Å². The van der Waals surface area contributed by atoms with Crippen molar-refractivity contribution >= 4 is 0 Å². The molecule has 1 aromatic rings. The van der Waals surface area contributed by atoms with Crippen LogP contribution in [0.25, 0.3) is 0 Å². The normalized spacial score (nSPS) is 16.3. The van der Waals surface area contributed by atoms with E-state index in [9.17, 15) is 5.11 Å². The van der Waals surface area contributed by atoms with Crippen LogP contribution < -0.4 is 4.74 Å². The number of nitrogens with zero attached hydrogens (tertiary/aromatic N) is 1. The minimum absolute atomic E-state index is 0.314. The maximum Gasteiger partial charge on any atom is 0.137 e. The van der Waals surface area contributed by atoms with E-state index in [4.69, 9.17) is 9.47 Å². The molecular formula is C13H21NO3. The molecular weight excluding hydrogens is 218 g/mol. The van der Waals surface area contributed by atoms with Crippen LogP contribution in [0.2, 0.25) is 0 Å². The van der Waals surface area contributed by atoms with Crippen LogP contribution in [0, 0.1) is 0 Å². The minimum atomic E-state index is -1.08. The third kappa shape index (κ3) is 3.41. The van der Waals surface area contributed by atoms with Gasteiger partial charge in [-0.2, -0.15) is 0 Å². The van der Waals surface area contributed by atoms with Gasteiger partial charge in [0, 0.05) is 18.9 Å². The fraction of sp³-hybridized carbons (Fsp3) is 0.615. The van der Waals surface area contributed by atoms with Crippen molar-refractivity contribution in [1.82, 2.24) is 4.98 Å². The second-order valence-corrected chi connectivity index (χ2v) is 4.28. The van der Waals surface area contributed by atoms with Crippen LogP contribution in [0.3, 0.4) is 0 Å². The first kappa shape index (κ1) is 13.9. The molecule has 2 unspecified atom stereocenters. The van der Waals surface area contributed by atoms with Crippen LogP contribution in [0.4, 0.5) is 0 Å². The number of aromatic nitrogens is 1. The number of ether oxygens (including phenoxy) is 2. The topological polar surface area (TPSA) is 51.6 Å². The Morgan fingerprint density at radius 3 is 2.76 bits per heavy atom. The average molecular weight is 239 g/mol. The van der Waals surface area contributed by atoms with Gasteiger partial charge >= 0.3 is 0 Å². The first-order chi connectivity index (χ1) is 8.02. The van der Waals surface area contributed by atoms with Crippen molar-refractivity contribution in [3.8, 4) is 5.75 Å². The lowest BCUT2D eigenvalue weighted by Crippen LogP contribution is -2.35. The maximum absolute atomic E-state index is 10.4. The van der Waals surface area contributed by atoms with E-state index in [0.717, 1.165) is 6.42 Å². The Hall–Kier alpha value is -1.13. The van der Waals surface area contributed by atoms with Crippen molar-refractivity contribution in [2.75, 3.05) is 13.7 Å². The summed E-state index contributed by atoms with van der Waals surface area (Å²) in [4.78, 5) is 4.08. The highest BCUT2D eigenvalue weighted by atomic mass is 16.5. The van der Waals surface area contributed by atoms with Gasteiger partial charge in [-0.3, -0.25) is 4.98 Å². The molecule has 1 aromatic heterocycles. The highest BCUT2D eigenvalue weighted by Crippen LogP contribution is 2.27. The van der Waals surface area contributed by atoms with Crippen molar-refractivity contribution in [1.29, 1.82) is 0 Å². The van der Waals surface area contributed by atoms with Crippen molar-refractivity contribution in [2.45, 2.75) is 38.9 Å². The summed E-state index contributed by atoms with van der Waals surface area (Å²) in [5.41, 5.74) is -0.381. The first-order valence-electron chi connectivity index (χ1n) is 5.85. The van der Waals surface area contributed by atoms with Gasteiger partial charge in [0.15, 0.2) is 0 Å². The second-order valence-electron chi connectivity index (χ2n) is 4.28. The summed E-state index contributed by atoms with van der Waals surface area (Å²) in [5, 5.41) is 10.4. The summed E-state index contributed by atoms with van der Waals surface area (Å²) in [7, 11) is 1.57. The molecule has 0 aliphatic rings. The monoisotopic (exact) mass is 239 g/mol. The molecule has 0 aliphatic heterocycles. The molecule has 0 radical (unpaired) electrons. The van der Waals surface area contributed by atoms with E-state index < -0.39 is 5.60 Å². The third-order valence-electron chi connectivity index (χ3n) is 2.92. The van der Waals surface area contributed by atoms with Gasteiger partial charge in [0.05, 0.1) is 18.9 Å². The quantitative estimate of drug-likeness (QED) is 0.826. The van der Waals surface area contributed by atoms with Crippen molar-refractivity contribution < 1.29 is 14.6 Å². The molecule has 0 amide bonds. The molecule has 0 fully saturated rings. The number of hydrogen-bond donors (Lipinski definition) is 1. The van der Waals surface area contributed by atoms with E-state index in [1.165, 1.54) is 0 Å². The molecule has 0 saturated carbocycles. The molecule has 0 saturated heterocycles. The molecule has 0 aromatic carbocycles. The fourth-order valence-electron chi connectivity index (χ4n) is 1.46. The van der Waals surface area contributed by atoms with Gasteiger partial charge < -0.3 is 14.6 Å². The predicted molar refractivity (Wildman–Crippen MR) is 66.1 cm³/mol. The van der Waals surface area contributed by atoms with Gasteiger partial charge in [0.2, 0.25) is 0 Å². The van der Waals surface area contributed by atoms with E-state index >= 15 is 0 Å². The average Bonchev–Trinajstić information content (AvgIpc) is 2.35. The second kappa shape index (κ2) is 5.98. The Morgan fingerprint density at radius 2 is 2.18 bits per heavy atom. The van der Waals surface area contributed by atoms with Gasteiger partial charge in [-0.15, -0.1) is 0 Å². The number of methoxy groups -OCH3 is 1. The Kier molecular flexibility index (Phi) is 4.90. The molecule has 0 spiro atoms. The Morgan fingerprint density at radius 1 is 1.47 bits per heavy atom. The number of rotatable bonds is 6. The Bertz CT molecular complexity index is 352. The molecule has 0 aliphatic carbocycles. The van der Waals surface area contributed by atoms with Crippen LogP contribution in [-0.4, -0.2) is 29.9 Å². The summed E-state index contributed by atoms with van der Waals surface area (Å²) in [6.07, 6.45) is 3.90. The first-order valence-corrected chi connectivity index (χ1v) is 5.85. The third-order valence-corrected chi connectivity index (χ3v) is 2.92. The molecule has 96 valence electrons. The molecule has 1 N–H and O–H groups in total. The predicted octanol–water partition coefficient (Wildman–Crippen LogP) is 2.11. The van der Waals surface area contributed by atoms with Gasteiger partial charge in [-0.1, -0.05) is 6.92 Å². The van der Waals surface area contributed by atoms with E-state index in [0.29, 0.717) is 17.9 Å². The maximum atomic E-state index is 10.4. The van der Waals surface area contributed by atoms with E-state index in [-0.39, 0.29) is 6.10 Å². The molecule has 1 rings (SSSR count). The Labute approximate surface area is 103 Å². The molecule has 4 heteroatoms. The van der Waals surface area contributed by atoms with Crippen molar-refractivity contribution in [3.05, 3.63) is 24.0 Å². The summed E-state index contributed by atoms with van der Waals surface area (Å²) < 4.78 is 10.7. The zero-order valence-corrected chi connectivity index (χ0v) is 10.9. The summed E-state index contributed by atoms with van der Waals surface area (Å²) >= 11 is 0. The molecule has 4 nitrogen and oxygen atoms in total. The SMILES string of the molecule is CCCOc1cncc(C(C)(O)C(C)OC)c1. The molecule has 2 atom stereocenters. The van der Waals surface area contributed by atoms with E-state index in [2.05, 4.69) is 4.98 Å². The van der Waals surface area contributed by atoms with Gasteiger partial charge in [-0.05, 0) is 26.3 Å².